The van der Waals surface area contributed by atoms with E-state index < -0.39 is 0 Å². The number of hydrogen-bond donors (Lipinski definition) is 2. The number of aromatic nitrogens is 6. The Labute approximate surface area is 382 Å². The monoisotopic (exact) mass is 882 g/mol. The Kier molecular flexibility index (Phi) is 13.2. The molecule has 66 heavy (non-hydrogen) atoms. The Morgan fingerprint density at radius 1 is 0.379 bits per heavy atom. The minimum atomic E-state index is 0.310. The van der Waals surface area contributed by atoms with Crippen LogP contribution >= 0.6 is 0 Å². The molecule has 9 rings (SSSR count). The lowest BCUT2D eigenvalue weighted by Gasteiger charge is -2.13. The van der Waals surface area contributed by atoms with Gasteiger partial charge in [0.05, 0.1) is 49.3 Å². The fourth-order valence-electron chi connectivity index (χ4n) is 7.52. The van der Waals surface area contributed by atoms with Gasteiger partial charge in [-0.05, 0) is 102 Å². The minimum absolute atomic E-state index is 0.310. The van der Waals surface area contributed by atoms with E-state index in [9.17, 15) is 0 Å². The second-order valence-electron chi connectivity index (χ2n) is 15.7. The number of benzene rings is 5. The predicted molar refractivity (Wildman–Crippen MR) is 258 cm³/mol. The van der Waals surface area contributed by atoms with Crippen molar-refractivity contribution in [2.75, 3.05) is 37.3 Å². The molecule has 0 atom stereocenters. The summed E-state index contributed by atoms with van der Waals surface area (Å²) < 4.78 is 28.3. The number of hydrogen-bond acceptors (Lipinski definition) is 14. The van der Waals surface area contributed by atoms with Crippen molar-refractivity contribution >= 4 is 34.7 Å². The maximum Gasteiger partial charge on any atom is 0.266 e. The van der Waals surface area contributed by atoms with E-state index in [1.54, 1.807) is 9.35 Å². The molecule has 0 radical (unpaired) electrons. The molecule has 0 saturated carbocycles. The maximum atomic E-state index is 6.29. The van der Waals surface area contributed by atoms with E-state index in [0.717, 1.165) is 82.1 Å². The summed E-state index contributed by atoms with van der Waals surface area (Å²) >= 11 is 0. The number of ether oxygens (including phenoxy) is 4. The maximum absolute atomic E-state index is 6.29. The van der Waals surface area contributed by atoms with Gasteiger partial charge in [0, 0.05) is 33.4 Å². The number of nitrogens with one attached hydrogen (secondary N) is 2. The molecular formula is C50H50N12O4. The molecule has 4 heterocycles. The van der Waals surface area contributed by atoms with Crippen LogP contribution in [0.3, 0.4) is 0 Å². The largest absolute Gasteiger partial charge is 0.493 e. The lowest BCUT2D eigenvalue weighted by atomic mass is 10.1. The molecule has 2 N–H and O–H groups in total. The van der Waals surface area contributed by atoms with Crippen LogP contribution in [0.4, 0.5) is 11.9 Å². The third-order valence-electron chi connectivity index (χ3n) is 11.0. The van der Waals surface area contributed by atoms with E-state index in [1.165, 1.54) is 0 Å². The van der Waals surface area contributed by atoms with Crippen molar-refractivity contribution in [3.63, 3.8) is 0 Å². The zero-order chi connectivity index (χ0) is 45.2. The van der Waals surface area contributed by atoms with Gasteiger partial charge in [-0.1, -0.05) is 72.8 Å². The summed E-state index contributed by atoms with van der Waals surface area (Å²) in [7, 11) is 0. The Hall–Kier alpha value is -8.14. The number of rotatable bonds is 2. The van der Waals surface area contributed by atoms with Gasteiger partial charge in [-0.2, -0.15) is 29.8 Å². The van der Waals surface area contributed by atoms with Crippen LogP contribution in [-0.2, 0) is 0 Å². The van der Waals surface area contributed by atoms with Crippen LogP contribution in [-0.4, -0.2) is 79.0 Å². The Balaban J connectivity index is 1.10. The van der Waals surface area contributed by atoms with Gasteiger partial charge in [0.2, 0.25) is 0 Å². The average molecular weight is 883 g/mol. The van der Waals surface area contributed by atoms with E-state index in [0.29, 0.717) is 72.8 Å². The number of hydrazone groups is 2. The fraction of sp³-hybridized carbons (Fsp3) is 0.240. The molecule has 0 fully saturated rings. The summed E-state index contributed by atoms with van der Waals surface area (Å²) in [6.45, 7) is 9.87. The lowest BCUT2D eigenvalue weighted by Crippen LogP contribution is -2.08. The highest BCUT2D eigenvalue weighted by molar-refractivity contribution is 6.03. The van der Waals surface area contributed by atoms with E-state index >= 15 is 0 Å². The molecule has 0 bridgehead atoms. The van der Waals surface area contributed by atoms with Crippen LogP contribution < -0.4 is 29.8 Å². The molecule has 0 spiro atoms. The van der Waals surface area contributed by atoms with E-state index in [1.807, 2.05) is 149 Å². The van der Waals surface area contributed by atoms with Gasteiger partial charge in [0.15, 0.2) is 11.6 Å². The molecule has 2 aliphatic heterocycles. The first-order valence-electron chi connectivity index (χ1n) is 22.0. The van der Waals surface area contributed by atoms with Crippen LogP contribution in [0, 0.1) is 0 Å². The quantitative estimate of drug-likeness (QED) is 0.170. The van der Waals surface area contributed by atoms with Crippen molar-refractivity contribution in [3.05, 3.63) is 144 Å². The Morgan fingerprint density at radius 3 is 1.02 bits per heavy atom. The van der Waals surface area contributed by atoms with Gasteiger partial charge in [-0.15, -0.1) is 20.4 Å². The van der Waals surface area contributed by atoms with Gasteiger partial charge in [-0.3, -0.25) is 0 Å². The van der Waals surface area contributed by atoms with Gasteiger partial charge in [0.25, 0.3) is 11.9 Å². The summed E-state index contributed by atoms with van der Waals surface area (Å²) in [6, 6.07) is 39.2. The molecule has 5 aromatic carbocycles. The third-order valence-corrected chi connectivity index (χ3v) is 11.0. The standard InChI is InChI=1S/C50H50N12O4/c1-33-39-17-5-9-21-43(39)63-29-13-15-31-65-45-23-11-7-19-41(45)35(3)59-61-47(53-57-49(61)55-51-33)37-25-27-38(28-26-37)48-54-58-50-56-52-34(2)40-18-6-10-22-44(40)64-30-14-16-32-66-46-24-12-8-20-42(46)36(4)60-62(48)50/h5-12,17-28H,13-16,29-32H2,1-4H3,(H,55,57)(H,56,58)/b51-33+,52-34+,59-35+,60-36+. The van der Waals surface area contributed by atoms with Gasteiger partial charge < -0.3 is 18.9 Å². The Bertz CT molecular complexity index is 2750. The van der Waals surface area contributed by atoms with Crippen LogP contribution in [0.2, 0.25) is 0 Å². The molecule has 0 unspecified atom stereocenters. The molecule has 0 saturated heterocycles. The van der Waals surface area contributed by atoms with Crippen molar-refractivity contribution in [3.8, 4) is 45.8 Å². The van der Waals surface area contributed by atoms with Crippen LogP contribution in [0.5, 0.6) is 23.0 Å². The number of fused-ring (bicyclic) bond motifs is 6. The third kappa shape index (κ3) is 9.67. The van der Waals surface area contributed by atoms with Gasteiger partial charge >= 0.3 is 0 Å². The first-order chi connectivity index (χ1) is 32.4. The van der Waals surface area contributed by atoms with Crippen molar-refractivity contribution in [1.29, 1.82) is 0 Å². The van der Waals surface area contributed by atoms with Crippen LogP contribution in [0.25, 0.3) is 22.8 Å². The zero-order valence-electron chi connectivity index (χ0n) is 37.3. The van der Waals surface area contributed by atoms with E-state index in [2.05, 4.69) is 31.2 Å². The van der Waals surface area contributed by atoms with Crippen molar-refractivity contribution in [2.45, 2.75) is 53.4 Å². The van der Waals surface area contributed by atoms with E-state index in [-0.39, 0.29) is 0 Å². The molecule has 0 amide bonds. The number of para-hydroxylation sites is 4. The summed E-state index contributed by atoms with van der Waals surface area (Å²) in [5.41, 5.74) is 13.9. The zero-order valence-corrected chi connectivity index (χ0v) is 37.3. The highest BCUT2D eigenvalue weighted by Gasteiger charge is 2.20. The first-order valence-corrected chi connectivity index (χ1v) is 22.0. The van der Waals surface area contributed by atoms with Crippen molar-refractivity contribution < 1.29 is 18.9 Å². The summed E-state index contributed by atoms with van der Waals surface area (Å²) in [5.74, 6) is 4.52. The number of anilines is 2. The average Bonchev–Trinajstić information content (AvgIpc) is 3.94. The molecule has 2 aliphatic rings. The van der Waals surface area contributed by atoms with E-state index in [4.69, 9.17) is 39.4 Å². The highest BCUT2D eigenvalue weighted by Crippen LogP contribution is 2.30. The molecular weight excluding hydrogens is 833 g/mol. The lowest BCUT2D eigenvalue weighted by molar-refractivity contribution is 0.266. The Morgan fingerprint density at radius 2 is 0.682 bits per heavy atom. The summed E-state index contributed by atoms with van der Waals surface area (Å²) in [6.07, 6.45) is 3.29. The minimum Gasteiger partial charge on any atom is -0.493 e. The summed E-state index contributed by atoms with van der Waals surface area (Å²) in [4.78, 5) is 0. The van der Waals surface area contributed by atoms with Gasteiger partial charge in [0.1, 0.15) is 23.0 Å². The predicted octanol–water partition coefficient (Wildman–Crippen LogP) is 9.52. The smallest absolute Gasteiger partial charge is 0.266 e. The molecule has 16 nitrogen and oxygen atoms in total. The molecule has 334 valence electrons. The SMILES string of the molecule is C/C1=N\Nc2nnc(-c3ccc(-c4nnc5n4/N=C(\C)c4ccccc4OCCCCOc4ccccc4/C(C)=N/N5)cc3)n2/N=C(\C)c2ccccc2OCCCCOc2ccccc21. The molecule has 16 heteroatoms. The van der Waals surface area contributed by atoms with Crippen LogP contribution in [0.15, 0.2) is 142 Å². The van der Waals surface area contributed by atoms with Crippen molar-refractivity contribution in [1.82, 2.24) is 29.7 Å². The fourth-order valence-corrected chi connectivity index (χ4v) is 7.52. The highest BCUT2D eigenvalue weighted by atomic mass is 16.5. The normalized spacial score (nSPS) is 18.1. The van der Waals surface area contributed by atoms with Gasteiger partial charge in [-0.25, -0.2) is 10.9 Å². The number of nitrogens with zero attached hydrogens (tertiary/aromatic N) is 10. The van der Waals surface area contributed by atoms with Crippen LogP contribution in [0.1, 0.15) is 75.6 Å². The molecule has 7 aromatic rings. The van der Waals surface area contributed by atoms with Crippen molar-refractivity contribution in [2.24, 2.45) is 20.4 Å². The molecule has 0 aliphatic carbocycles. The second kappa shape index (κ2) is 20.1. The second-order valence-corrected chi connectivity index (χ2v) is 15.7. The first kappa shape index (κ1) is 43.1. The molecule has 2 aromatic heterocycles. The summed E-state index contributed by atoms with van der Waals surface area (Å²) in [5, 5.41) is 37.9. The topological polar surface area (TPSA) is 172 Å².